The molecule has 39 heavy (non-hydrogen) atoms. The van der Waals surface area contributed by atoms with Gasteiger partial charge in [-0.2, -0.15) is 0 Å². The zero-order valence-corrected chi connectivity index (χ0v) is 21.7. The zero-order valence-electron chi connectivity index (χ0n) is 21.7. The number of nitrogens with zero attached hydrogens (tertiary/aromatic N) is 4. The molecule has 0 aliphatic carbocycles. The van der Waals surface area contributed by atoms with Gasteiger partial charge in [0.05, 0.1) is 28.6 Å². The van der Waals surface area contributed by atoms with Crippen LogP contribution in [-0.2, 0) is 9.59 Å². The van der Waals surface area contributed by atoms with E-state index in [4.69, 9.17) is 14.5 Å². The van der Waals surface area contributed by atoms with Crippen LogP contribution in [0, 0.1) is 10.1 Å². The number of nitrogens with one attached hydrogen (secondary N) is 1. The van der Waals surface area contributed by atoms with Gasteiger partial charge >= 0.3 is 0 Å². The maximum absolute atomic E-state index is 13.2. The Balaban J connectivity index is 1.56. The summed E-state index contributed by atoms with van der Waals surface area (Å²) in [5, 5.41) is 14.0. The molecular weight excluding hydrogens is 502 g/mol. The molecule has 2 aliphatic heterocycles. The molecule has 2 heterocycles. The SMILES string of the molecule is CN(C)CC(=O)N(C)c1ccc(N=C(c2ccc3c(c2)OCCO3)C2C(=O)Nc3cc([N+](=O)[O-])ccc32)cc1. The van der Waals surface area contributed by atoms with Crippen LogP contribution in [0.4, 0.5) is 22.7 Å². The van der Waals surface area contributed by atoms with Crippen LogP contribution in [0.15, 0.2) is 65.7 Å². The van der Waals surface area contributed by atoms with Crippen LogP contribution in [0.2, 0.25) is 0 Å². The number of carbonyl (C=O) groups excluding carboxylic acids is 2. The van der Waals surface area contributed by atoms with Crippen molar-refractivity contribution >= 4 is 40.3 Å². The monoisotopic (exact) mass is 529 g/mol. The first-order valence-corrected chi connectivity index (χ1v) is 12.3. The molecule has 0 saturated heterocycles. The Morgan fingerprint density at radius 3 is 2.44 bits per heavy atom. The summed E-state index contributed by atoms with van der Waals surface area (Å²) in [7, 11) is 5.38. The van der Waals surface area contributed by atoms with E-state index in [1.54, 1.807) is 59.3 Å². The van der Waals surface area contributed by atoms with Gasteiger partial charge < -0.3 is 24.6 Å². The van der Waals surface area contributed by atoms with E-state index < -0.39 is 10.8 Å². The molecule has 0 fully saturated rings. The van der Waals surface area contributed by atoms with Gasteiger partial charge in [-0.05, 0) is 68.2 Å². The first kappa shape index (κ1) is 25.9. The Bertz CT molecular complexity index is 1480. The van der Waals surface area contributed by atoms with Crippen LogP contribution in [0.5, 0.6) is 11.5 Å². The molecular formula is C28H27N5O6. The number of likely N-dealkylation sites (N-methyl/N-ethyl adjacent to an activating group) is 2. The van der Waals surface area contributed by atoms with E-state index in [-0.39, 0.29) is 24.0 Å². The molecule has 3 aromatic rings. The minimum Gasteiger partial charge on any atom is -0.486 e. The number of ether oxygens (including phenoxy) is 2. The lowest BCUT2D eigenvalue weighted by molar-refractivity contribution is -0.384. The van der Waals surface area contributed by atoms with Crippen LogP contribution >= 0.6 is 0 Å². The number of benzene rings is 3. The Kier molecular flexibility index (Phi) is 6.99. The first-order valence-electron chi connectivity index (χ1n) is 12.3. The number of nitro groups is 1. The van der Waals surface area contributed by atoms with E-state index in [9.17, 15) is 19.7 Å². The molecule has 1 N–H and O–H groups in total. The van der Waals surface area contributed by atoms with E-state index in [2.05, 4.69) is 5.32 Å². The van der Waals surface area contributed by atoms with Crippen molar-refractivity contribution in [2.24, 2.45) is 4.99 Å². The highest BCUT2D eigenvalue weighted by Crippen LogP contribution is 2.40. The lowest BCUT2D eigenvalue weighted by atomic mass is 9.90. The lowest BCUT2D eigenvalue weighted by Crippen LogP contribution is -2.34. The summed E-state index contributed by atoms with van der Waals surface area (Å²) in [5.74, 6) is -0.0603. The number of rotatable bonds is 7. The number of nitro benzene ring substituents is 1. The Morgan fingerprint density at radius 2 is 1.74 bits per heavy atom. The van der Waals surface area contributed by atoms with Crippen molar-refractivity contribution in [2.75, 3.05) is 51.1 Å². The minimum absolute atomic E-state index is 0.0541. The zero-order chi connectivity index (χ0) is 27.7. The second kappa shape index (κ2) is 10.5. The second-order valence-electron chi connectivity index (χ2n) is 9.51. The smallest absolute Gasteiger partial charge is 0.271 e. The van der Waals surface area contributed by atoms with Crippen molar-refractivity contribution < 1.29 is 24.0 Å². The number of amides is 2. The fraction of sp³-hybridized carbons (Fsp3) is 0.250. The highest BCUT2D eigenvalue weighted by Gasteiger charge is 2.37. The number of anilines is 2. The normalized spacial score (nSPS) is 16.1. The van der Waals surface area contributed by atoms with Crippen LogP contribution < -0.4 is 19.7 Å². The number of hydrogen-bond acceptors (Lipinski definition) is 8. The minimum atomic E-state index is -0.813. The highest BCUT2D eigenvalue weighted by atomic mass is 16.6. The molecule has 0 radical (unpaired) electrons. The van der Waals surface area contributed by atoms with Crippen molar-refractivity contribution in [3.05, 3.63) is 81.9 Å². The van der Waals surface area contributed by atoms with E-state index >= 15 is 0 Å². The van der Waals surface area contributed by atoms with Crippen LogP contribution in [0.3, 0.4) is 0 Å². The number of non-ortho nitro benzene ring substituents is 1. The van der Waals surface area contributed by atoms with Crippen molar-refractivity contribution in [3.8, 4) is 11.5 Å². The topological polar surface area (TPSA) is 127 Å². The standard InChI is InChI=1S/C28H27N5O6/c1-31(2)16-25(34)32(3)19-7-5-18(6-8-19)29-27(17-4-11-23-24(14-17)39-13-12-38-23)26-21-10-9-20(33(36)37)15-22(21)30-28(26)35/h4-11,14-15,26H,12-13,16H2,1-3H3,(H,30,35). The van der Waals surface area contributed by atoms with Gasteiger partial charge in [0.15, 0.2) is 11.5 Å². The Labute approximate surface area is 224 Å². The van der Waals surface area contributed by atoms with E-state index in [0.29, 0.717) is 58.6 Å². The fourth-order valence-electron chi connectivity index (χ4n) is 4.54. The van der Waals surface area contributed by atoms with Gasteiger partial charge in [0.1, 0.15) is 19.1 Å². The third-order valence-electron chi connectivity index (χ3n) is 6.50. The van der Waals surface area contributed by atoms with Crippen LogP contribution in [0.25, 0.3) is 0 Å². The molecule has 11 nitrogen and oxygen atoms in total. The molecule has 11 heteroatoms. The summed E-state index contributed by atoms with van der Waals surface area (Å²) in [4.78, 5) is 44.7. The molecule has 2 amide bonds. The third-order valence-corrected chi connectivity index (χ3v) is 6.50. The van der Waals surface area contributed by atoms with Gasteiger partial charge in [-0.25, -0.2) is 0 Å². The molecule has 2 aliphatic rings. The molecule has 0 saturated carbocycles. The average molecular weight is 530 g/mol. The van der Waals surface area contributed by atoms with Gasteiger partial charge in [-0.15, -0.1) is 0 Å². The summed E-state index contributed by atoms with van der Waals surface area (Å²) in [5.41, 5.74) is 3.22. The molecule has 1 unspecified atom stereocenters. The Hall–Kier alpha value is -4.77. The number of hydrogen-bond donors (Lipinski definition) is 1. The summed E-state index contributed by atoms with van der Waals surface area (Å²) in [6, 6.07) is 16.8. The van der Waals surface area contributed by atoms with Crippen LogP contribution in [-0.4, -0.2) is 68.3 Å². The molecule has 5 rings (SSSR count). The molecule has 3 aromatic carbocycles. The lowest BCUT2D eigenvalue weighted by Gasteiger charge is -2.21. The van der Waals surface area contributed by atoms with Gasteiger partial charge in [0.25, 0.3) is 5.69 Å². The number of aliphatic imine (C=N–C) groups is 1. The summed E-state index contributed by atoms with van der Waals surface area (Å²) in [6.45, 7) is 1.13. The highest BCUT2D eigenvalue weighted by molar-refractivity contribution is 6.24. The van der Waals surface area contributed by atoms with Gasteiger partial charge in [0, 0.05) is 30.4 Å². The maximum atomic E-state index is 13.2. The third kappa shape index (κ3) is 5.30. The quantitative estimate of drug-likeness (QED) is 0.281. The predicted molar refractivity (Wildman–Crippen MR) is 147 cm³/mol. The van der Waals surface area contributed by atoms with Crippen LogP contribution in [0.1, 0.15) is 17.0 Å². The molecule has 0 bridgehead atoms. The second-order valence-corrected chi connectivity index (χ2v) is 9.51. The largest absolute Gasteiger partial charge is 0.486 e. The van der Waals surface area contributed by atoms with E-state index in [0.717, 1.165) is 0 Å². The first-order chi connectivity index (χ1) is 18.7. The fourth-order valence-corrected chi connectivity index (χ4v) is 4.54. The van der Waals surface area contributed by atoms with Crippen molar-refractivity contribution in [1.82, 2.24) is 4.90 Å². The number of carbonyl (C=O) groups is 2. The maximum Gasteiger partial charge on any atom is 0.271 e. The number of fused-ring (bicyclic) bond motifs is 2. The van der Waals surface area contributed by atoms with Gasteiger partial charge in [-0.1, -0.05) is 0 Å². The molecule has 1 atom stereocenters. The van der Waals surface area contributed by atoms with E-state index in [1.807, 2.05) is 20.2 Å². The Morgan fingerprint density at radius 1 is 1.03 bits per heavy atom. The van der Waals surface area contributed by atoms with Gasteiger partial charge in [-0.3, -0.25) is 24.7 Å². The molecule has 200 valence electrons. The molecule has 0 aromatic heterocycles. The van der Waals surface area contributed by atoms with Crippen molar-refractivity contribution in [1.29, 1.82) is 0 Å². The predicted octanol–water partition coefficient (Wildman–Crippen LogP) is 3.75. The average Bonchev–Trinajstić information content (AvgIpc) is 3.25. The van der Waals surface area contributed by atoms with Gasteiger partial charge in [0.2, 0.25) is 11.8 Å². The van der Waals surface area contributed by atoms with Crippen molar-refractivity contribution in [2.45, 2.75) is 5.92 Å². The van der Waals surface area contributed by atoms with E-state index in [1.165, 1.54) is 12.1 Å². The molecule has 0 spiro atoms. The van der Waals surface area contributed by atoms with Crippen molar-refractivity contribution in [3.63, 3.8) is 0 Å². The summed E-state index contributed by atoms with van der Waals surface area (Å²) >= 11 is 0. The summed E-state index contributed by atoms with van der Waals surface area (Å²) in [6.07, 6.45) is 0. The summed E-state index contributed by atoms with van der Waals surface area (Å²) < 4.78 is 11.4.